The summed E-state index contributed by atoms with van der Waals surface area (Å²) in [7, 11) is 0. The van der Waals surface area contributed by atoms with Gasteiger partial charge in [0.1, 0.15) is 0 Å². The van der Waals surface area contributed by atoms with Crippen LogP contribution in [0.4, 0.5) is 0 Å². The van der Waals surface area contributed by atoms with Gasteiger partial charge in [0.2, 0.25) is 0 Å². The summed E-state index contributed by atoms with van der Waals surface area (Å²) in [6, 6.07) is 0. The van der Waals surface area contributed by atoms with Crippen LogP contribution in [0.3, 0.4) is 0 Å². The second kappa shape index (κ2) is 9.00. The zero-order valence-electron chi connectivity index (χ0n) is 14.0. The van der Waals surface area contributed by atoms with Crippen LogP contribution in [0.25, 0.3) is 0 Å². The zero-order chi connectivity index (χ0) is 14.1. The van der Waals surface area contributed by atoms with Crippen molar-refractivity contribution >= 4 is 0 Å². The first-order valence-electron chi connectivity index (χ1n) is 8.87. The SMILES string of the molecule is CCCCCCCC(C)(CCCC)N1CCC(C)C1. The predicted molar refractivity (Wildman–Crippen MR) is 86.7 cm³/mol. The van der Waals surface area contributed by atoms with Gasteiger partial charge in [-0.25, -0.2) is 0 Å². The van der Waals surface area contributed by atoms with Gasteiger partial charge in [0.05, 0.1) is 0 Å². The normalized spacial score (nSPS) is 23.7. The van der Waals surface area contributed by atoms with Gasteiger partial charge in [0.25, 0.3) is 0 Å². The van der Waals surface area contributed by atoms with Crippen LogP contribution in [0, 0.1) is 5.92 Å². The Morgan fingerprint density at radius 3 is 2.16 bits per heavy atom. The van der Waals surface area contributed by atoms with Gasteiger partial charge in [0.15, 0.2) is 0 Å². The van der Waals surface area contributed by atoms with E-state index < -0.39 is 0 Å². The number of hydrogen-bond acceptors (Lipinski definition) is 1. The maximum atomic E-state index is 2.81. The average Bonchev–Trinajstić information content (AvgIpc) is 2.83. The fourth-order valence-corrected chi connectivity index (χ4v) is 3.53. The number of unbranched alkanes of at least 4 members (excludes halogenated alkanes) is 5. The molecule has 0 saturated carbocycles. The van der Waals surface area contributed by atoms with Crippen molar-refractivity contribution in [2.75, 3.05) is 13.1 Å². The molecule has 0 aromatic rings. The lowest BCUT2D eigenvalue weighted by atomic mass is 9.87. The predicted octanol–water partition coefficient (Wildman–Crippen LogP) is 5.64. The van der Waals surface area contributed by atoms with E-state index in [2.05, 4.69) is 32.6 Å². The van der Waals surface area contributed by atoms with Gasteiger partial charge in [-0.1, -0.05) is 65.7 Å². The molecule has 0 aromatic carbocycles. The maximum Gasteiger partial charge on any atom is 0.0181 e. The highest BCUT2D eigenvalue weighted by Gasteiger charge is 2.34. The molecule has 2 atom stereocenters. The van der Waals surface area contributed by atoms with Crippen LogP contribution in [0.2, 0.25) is 0 Å². The smallest absolute Gasteiger partial charge is 0.0181 e. The molecule has 1 heteroatoms. The Morgan fingerprint density at radius 2 is 1.58 bits per heavy atom. The van der Waals surface area contributed by atoms with Crippen molar-refractivity contribution in [1.82, 2.24) is 4.90 Å². The van der Waals surface area contributed by atoms with E-state index in [0.29, 0.717) is 5.54 Å². The van der Waals surface area contributed by atoms with E-state index in [1.807, 2.05) is 0 Å². The minimum absolute atomic E-state index is 0.493. The quantitative estimate of drug-likeness (QED) is 0.463. The van der Waals surface area contributed by atoms with E-state index in [1.54, 1.807) is 0 Å². The molecular weight excluding hydrogens is 230 g/mol. The fourth-order valence-electron chi connectivity index (χ4n) is 3.53. The highest BCUT2D eigenvalue weighted by Crippen LogP contribution is 2.33. The van der Waals surface area contributed by atoms with E-state index >= 15 is 0 Å². The Bertz CT molecular complexity index is 226. The van der Waals surface area contributed by atoms with E-state index in [9.17, 15) is 0 Å². The number of likely N-dealkylation sites (tertiary alicyclic amines) is 1. The molecule has 1 fully saturated rings. The summed E-state index contributed by atoms with van der Waals surface area (Å²) in [4.78, 5) is 2.81. The van der Waals surface area contributed by atoms with Crippen molar-refractivity contribution in [3.8, 4) is 0 Å². The largest absolute Gasteiger partial charge is 0.298 e. The highest BCUT2D eigenvalue weighted by atomic mass is 15.2. The van der Waals surface area contributed by atoms with E-state index in [4.69, 9.17) is 0 Å². The Balaban J connectivity index is 2.40. The van der Waals surface area contributed by atoms with Crippen LogP contribution in [0.1, 0.15) is 91.9 Å². The molecule has 1 heterocycles. The molecule has 0 aromatic heterocycles. The van der Waals surface area contributed by atoms with E-state index in [0.717, 1.165) is 5.92 Å². The van der Waals surface area contributed by atoms with Crippen LogP contribution in [0.5, 0.6) is 0 Å². The molecule has 0 spiro atoms. The Labute approximate surface area is 122 Å². The Morgan fingerprint density at radius 1 is 0.947 bits per heavy atom. The van der Waals surface area contributed by atoms with Gasteiger partial charge < -0.3 is 0 Å². The molecule has 0 aliphatic carbocycles. The van der Waals surface area contributed by atoms with Gasteiger partial charge >= 0.3 is 0 Å². The lowest BCUT2D eigenvalue weighted by Gasteiger charge is -2.40. The first-order valence-corrected chi connectivity index (χ1v) is 8.87. The number of hydrogen-bond donors (Lipinski definition) is 0. The highest BCUT2D eigenvalue weighted by molar-refractivity contribution is 4.90. The van der Waals surface area contributed by atoms with Gasteiger partial charge in [-0.2, -0.15) is 0 Å². The van der Waals surface area contributed by atoms with E-state index in [-0.39, 0.29) is 0 Å². The molecule has 1 nitrogen and oxygen atoms in total. The second-order valence-corrected chi connectivity index (χ2v) is 7.10. The summed E-state index contributed by atoms with van der Waals surface area (Å²) < 4.78 is 0. The summed E-state index contributed by atoms with van der Waals surface area (Å²) in [5.74, 6) is 0.918. The van der Waals surface area contributed by atoms with Crippen LogP contribution < -0.4 is 0 Å². The van der Waals surface area contributed by atoms with Gasteiger partial charge in [0, 0.05) is 12.1 Å². The number of rotatable bonds is 10. The molecule has 2 unspecified atom stereocenters. The maximum absolute atomic E-state index is 2.81. The summed E-state index contributed by atoms with van der Waals surface area (Å²) in [6.45, 7) is 12.3. The molecule has 0 radical (unpaired) electrons. The van der Waals surface area contributed by atoms with Crippen molar-refractivity contribution < 1.29 is 0 Å². The molecule has 0 amide bonds. The topological polar surface area (TPSA) is 3.24 Å². The van der Waals surface area contributed by atoms with Crippen LogP contribution in [0.15, 0.2) is 0 Å². The first-order chi connectivity index (χ1) is 9.12. The standard InChI is InChI=1S/C18H37N/c1-5-7-9-10-11-14-18(4,13-8-6-2)19-15-12-17(3)16-19/h17H,5-16H2,1-4H3. The summed E-state index contributed by atoms with van der Waals surface area (Å²) in [6.07, 6.45) is 14.1. The molecule has 1 aliphatic heterocycles. The van der Waals surface area contributed by atoms with Crippen LogP contribution >= 0.6 is 0 Å². The Kier molecular flexibility index (Phi) is 8.06. The van der Waals surface area contributed by atoms with Crippen LogP contribution in [-0.2, 0) is 0 Å². The molecule has 0 bridgehead atoms. The van der Waals surface area contributed by atoms with Gasteiger partial charge in [-0.05, 0) is 38.6 Å². The average molecular weight is 268 g/mol. The van der Waals surface area contributed by atoms with Crippen LogP contribution in [-0.4, -0.2) is 23.5 Å². The van der Waals surface area contributed by atoms with Gasteiger partial charge in [-0.15, -0.1) is 0 Å². The lowest BCUT2D eigenvalue weighted by Crippen LogP contribution is -2.45. The summed E-state index contributed by atoms with van der Waals surface area (Å²) in [5, 5.41) is 0. The summed E-state index contributed by atoms with van der Waals surface area (Å²) >= 11 is 0. The first kappa shape index (κ1) is 17.0. The molecule has 114 valence electrons. The third kappa shape index (κ3) is 5.85. The van der Waals surface area contributed by atoms with Crippen molar-refractivity contribution in [3.05, 3.63) is 0 Å². The van der Waals surface area contributed by atoms with Crippen molar-refractivity contribution in [2.24, 2.45) is 5.92 Å². The van der Waals surface area contributed by atoms with E-state index in [1.165, 1.54) is 77.3 Å². The second-order valence-electron chi connectivity index (χ2n) is 7.10. The number of nitrogens with zero attached hydrogens (tertiary/aromatic N) is 1. The lowest BCUT2D eigenvalue weighted by molar-refractivity contribution is 0.104. The van der Waals surface area contributed by atoms with Gasteiger partial charge in [-0.3, -0.25) is 4.90 Å². The van der Waals surface area contributed by atoms with Crippen molar-refractivity contribution in [3.63, 3.8) is 0 Å². The molecule has 1 rings (SSSR count). The van der Waals surface area contributed by atoms with Crippen molar-refractivity contribution in [2.45, 2.75) is 97.4 Å². The monoisotopic (exact) mass is 267 g/mol. The fraction of sp³-hybridized carbons (Fsp3) is 1.00. The third-order valence-electron chi connectivity index (χ3n) is 5.08. The molecular formula is C18H37N. The third-order valence-corrected chi connectivity index (χ3v) is 5.08. The minimum atomic E-state index is 0.493. The molecule has 1 aliphatic rings. The molecule has 0 N–H and O–H groups in total. The Hall–Kier alpha value is -0.0400. The zero-order valence-corrected chi connectivity index (χ0v) is 14.0. The minimum Gasteiger partial charge on any atom is -0.298 e. The molecule has 19 heavy (non-hydrogen) atoms. The molecule has 1 saturated heterocycles. The summed E-state index contributed by atoms with van der Waals surface area (Å²) in [5.41, 5.74) is 0.493. The van der Waals surface area contributed by atoms with Crippen molar-refractivity contribution in [1.29, 1.82) is 0 Å².